The Morgan fingerprint density at radius 1 is 1.06 bits per heavy atom. The molecule has 0 amide bonds. The summed E-state index contributed by atoms with van der Waals surface area (Å²) in [4.78, 5) is 14.5. The van der Waals surface area contributed by atoms with Gasteiger partial charge in [-0.2, -0.15) is 0 Å². The molecule has 0 aromatic carbocycles. The summed E-state index contributed by atoms with van der Waals surface area (Å²) in [6.45, 7) is 9.10. The highest BCUT2D eigenvalue weighted by Gasteiger charge is 2.31. The molecule has 0 aromatic heterocycles. The summed E-state index contributed by atoms with van der Waals surface area (Å²) in [5, 5.41) is 0. The molecule has 0 bridgehead atoms. The number of Topliss-reactive ketones (excluding diaryl/α,β-unsaturated/α-hetero) is 1. The number of ketones is 1. The highest BCUT2D eigenvalue weighted by molar-refractivity contribution is 5.85. The van der Waals surface area contributed by atoms with Crippen molar-refractivity contribution >= 4 is 5.78 Å². The average Bonchev–Trinajstić information content (AvgIpc) is 2.97. The van der Waals surface area contributed by atoms with Gasteiger partial charge in [-0.15, -0.1) is 0 Å². The van der Waals surface area contributed by atoms with Crippen molar-refractivity contribution in [3.05, 3.63) is 0 Å². The summed E-state index contributed by atoms with van der Waals surface area (Å²) >= 11 is 0. The Hall–Kier alpha value is -0.370. The zero-order valence-corrected chi connectivity index (χ0v) is 11.0. The average molecular weight is 223 g/mol. The van der Waals surface area contributed by atoms with Crippen LogP contribution in [0, 0.1) is 17.3 Å². The molecule has 2 fully saturated rings. The number of carbonyl (C=O) groups is 1. The highest BCUT2D eigenvalue weighted by atomic mass is 16.1. The van der Waals surface area contributed by atoms with Gasteiger partial charge in [-0.25, -0.2) is 0 Å². The van der Waals surface area contributed by atoms with Crippen molar-refractivity contribution in [1.82, 2.24) is 4.90 Å². The summed E-state index contributed by atoms with van der Waals surface area (Å²) in [5.74, 6) is 2.19. The molecule has 0 aliphatic heterocycles. The first-order valence-electron chi connectivity index (χ1n) is 6.71. The van der Waals surface area contributed by atoms with Gasteiger partial charge in [-0.1, -0.05) is 20.8 Å². The molecule has 2 nitrogen and oxygen atoms in total. The van der Waals surface area contributed by atoms with Crippen LogP contribution in [0.2, 0.25) is 0 Å². The van der Waals surface area contributed by atoms with Crippen molar-refractivity contribution < 1.29 is 4.79 Å². The van der Waals surface area contributed by atoms with E-state index in [-0.39, 0.29) is 5.41 Å². The van der Waals surface area contributed by atoms with E-state index in [1.54, 1.807) is 0 Å². The minimum absolute atomic E-state index is 0.175. The molecular weight excluding hydrogens is 198 g/mol. The molecule has 0 spiro atoms. The van der Waals surface area contributed by atoms with Gasteiger partial charge in [-0.05, 0) is 37.5 Å². The van der Waals surface area contributed by atoms with E-state index >= 15 is 0 Å². The third-order valence-electron chi connectivity index (χ3n) is 3.63. The van der Waals surface area contributed by atoms with Crippen molar-refractivity contribution in [2.75, 3.05) is 19.6 Å². The molecular formula is C14H25NO. The molecule has 0 saturated heterocycles. The third-order valence-corrected chi connectivity index (χ3v) is 3.63. The number of nitrogens with zero attached hydrogens (tertiary/aromatic N) is 1. The van der Waals surface area contributed by atoms with E-state index in [1.807, 2.05) is 20.8 Å². The smallest absolute Gasteiger partial charge is 0.152 e. The molecule has 2 aliphatic rings. The van der Waals surface area contributed by atoms with Crippen LogP contribution in [0.15, 0.2) is 0 Å². The first kappa shape index (κ1) is 12.1. The van der Waals surface area contributed by atoms with Gasteiger partial charge in [0.15, 0.2) is 5.78 Å². The predicted molar refractivity (Wildman–Crippen MR) is 66.4 cm³/mol. The molecule has 0 heterocycles. The predicted octanol–water partition coefficient (Wildman–Crippen LogP) is 2.72. The lowest BCUT2D eigenvalue weighted by atomic mass is 9.90. The molecule has 2 aliphatic carbocycles. The molecule has 0 N–H and O–H groups in total. The lowest BCUT2D eigenvalue weighted by Gasteiger charge is -2.25. The lowest BCUT2D eigenvalue weighted by molar-refractivity contribution is -0.127. The maximum atomic E-state index is 12.0. The van der Waals surface area contributed by atoms with Crippen LogP contribution in [0.25, 0.3) is 0 Å². The second-order valence-corrected chi connectivity index (χ2v) is 6.75. The van der Waals surface area contributed by atoms with Crippen LogP contribution in [0.5, 0.6) is 0 Å². The topological polar surface area (TPSA) is 20.3 Å². The zero-order valence-electron chi connectivity index (χ0n) is 11.0. The van der Waals surface area contributed by atoms with Crippen LogP contribution in [-0.4, -0.2) is 30.3 Å². The van der Waals surface area contributed by atoms with Gasteiger partial charge in [0.05, 0.1) is 6.54 Å². The quantitative estimate of drug-likeness (QED) is 0.690. The number of hydrogen-bond acceptors (Lipinski definition) is 2. The minimum Gasteiger partial charge on any atom is -0.298 e. The van der Waals surface area contributed by atoms with Crippen LogP contribution in [0.4, 0.5) is 0 Å². The molecule has 0 radical (unpaired) electrons. The largest absolute Gasteiger partial charge is 0.298 e. The van der Waals surface area contributed by atoms with Gasteiger partial charge in [-0.3, -0.25) is 9.69 Å². The van der Waals surface area contributed by atoms with Crippen molar-refractivity contribution in [2.24, 2.45) is 17.3 Å². The maximum absolute atomic E-state index is 12.0. The molecule has 2 saturated carbocycles. The van der Waals surface area contributed by atoms with E-state index in [0.717, 1.165) is 11.8 Å². The molecule has 2 heteroatoms. The Bertz CT molecular complexity index is 244. The van der Waals surface area contributed by atoms with E-state index in [4.69, 9.17) is 0 Å². The number of hydrogen-bond donors (Lipinski definition) is 0. The van der Waals surface area contributed by atoms with Crippen molar-refractivity contribution in [2.45, 2.75) is 46.5 Å². The van der Waals surface area contributed by atoms with Crippen molar-refractivity contribution in [1.29, 1.82) is 0 Å². The van der Waals surface area contributed by atoms with Crippen LogP contribution in [0.3, 0.4) is 0 Å². The first-order valence-corrected chi connectivity index (χ1v) is 6.71. The molecule has 0 aromatic rings. The number of rotatable bonds is 6. The van der Waals surface area contributed by atoms with Gasteiger partial charge >= 0.3 is 0 Å². The molecule has 16 heavy (non-hydrogen) atoms. The monoisotopic (exact) mass is 223 g/mol. The SMILES string of the molecule is CC(C)(C)C(=O)CN(CC1CC1)CC1CC1. The first-order chi connectivity index (χ1) is 7.45. The zero-order chi connectivity index (χ0) is 11.8. The molecule has 92 valence electrons. The van der Waals surface area contributed by atoms with Crippen LogP contribution < -0.4 is 0 Å². The summed E-state index contributed by atoms with van der Waals surface area (Å²) in [5.41, 5.74) is -0.175. The summed E-state index contributed by atoms with van der Waals surface area (Å²) in [6.07, 6.45) is 5.52. The Balaban J connectivity index is 1.81. The maximum Gasteiger partial charge on any atom is 0.152 e. The van der Waals surface area contributed by atoms with E-state index in [2.05, 4.69) is 4.90 Å². The number of carbonyl (C=O) groups excluding carboxylic acids is 1. The van der Waals surface area contributed by atoms with Crippen LogP contribution >= 0.6 is 0 Å². The minimum atomic E-state index is -0.175. The van der Waals surface area contributed by atoms with E-state index in [0.29, 0.717) is 12.3 Å². The van der Waals surface area contributed by atoms with Gasteiger partial charge in [0, 0.05) is 18.5 Å². The van der Waals surface area contributed by atoms with E-state index in [1.165, 1.54) is 38.8 Å². The lowest BCUT2D eigenvalue weighted by Crippen LogP contribution is -2.38. The highest BCUT2D eigenvalue weighted by Crippen LogP contribution is 2.34. The van der Waals surface area contributed by atoms with Gasteiger partial charge in [0.1, 0.15) is 0 Å². The summed E-state index contributed by atoms with van der Waals surface area (Å²) in [7, 11) is 0. The second kappa shape index (κ2) is 4.48. The third kappa shape index (κ3) is 3.89. The Morgan fingerprint density at radius 2 is 1.50 bits per heavy atom. The van der Waals surface area contributed by atoms with Gasteiger partial charge < -0.3 is 0 Å². The van der Waals surface area contributed by atoms with Crippen molar-refractivity contribution in [3.63, 3.8) is 0 Å². The second-order valence-electron chi connectivity index (χ2n) is 6.75. The Morgan fingerprint density at radius 3 is 1.81 bits per heavy atom. The Kier molecular flexibility index (Phi) is 3.39. The summed E-state index contributed by atoms with van der Waals surface area (Å²) < 4.78 is 0. The standard InChI is InChI=1S/C14H25NO/c1-14(2,3)13(16)10-15(8-11-4-5-11)9-12-6-7-12/h11-12H,4-10H2,1-3H3. The van der Waals surface area contributed by atoms with Gasteiger partial charge in [0.2, 0.25) is 0 Å². The molecule has 0 unspecified atom stereocenters. The van der Waals surface area contributed by atoms with E-state index in [9.17, 15) is 4.79 Å². The van der Waals surface area contributed by atoms with Crippen molar-refractivity contribution in [3.8, 4) is 0 Å². The molecule has 2 rings (SSSR count). The Labute approximate surface area is 99.4 Å². The molecule has 0 atom stereocenters. The fourth-order valence-corrected chi connectivity index (χ4v) is 1.98. The van der Waals surface area contributed by atoms with E-state index < -0.39 is 0 Å². The normalized spacial score (nSPS) is 21.5. The van der Waals surface area contributed by atoms with Crippen LogP contribution in [-0.2, 0) is 4.79 Å². The fourth-order valence-electron chi connectivity index (χ4n) is 1.98. The fraction of sp³-hybridized carbons (Fsp3) is 0.929. The van der Waals surface area contributed by atoms with Crippen LogP contribution in [0.1, 0.15) is 46.5 Å². The summed E-state index contributed by atoms with van der Waals surface area (Å²) in [6, 6.07) is 0. The van der Waals surface area contributed by atoms with Gasteiger partial charge in [0.25, 0.3) is 0 Å².